The van der Waals surface area contributed by atoms with E-state index < -0.39 is 0 Å². The van der Waals surface area contributed by atoms with Crippen LogP contribution >= 0.6 is 11.6 Å². The first-order valence-electron chi connectivity index (χ1n) is 10.2. The molecule has 0 aliphatic carbocycles. The molecule has 158 valence electrons. The van der Waals surface area contributed by atoms with Gasteiger partial charge in [-0.1, -0.05) is 72.3 Å². The summed E-state index contributed by atoms with van der Waals surface area (Å²) in [4.78, 5) is 30.9. The Morgan fingerprint density at radius 3 is 2.47 bits per heavy atom. The highest BCUT2D eigenvalue weighted by atomic mass is 35.5. The van der Waals surface area contributed by atoms with E-state index in [0.717, 1.165) is 16.5 Å². The lowest BCUT2D eigenvalue weighted by Crippen LogP contribution is -2.25. The lowest BCUT2D eigenvalue weighted by molar-refractivity contribution is -0.116. The average Bonchev–Trinajstić information content (AvgIpc) is 3.12. The number of aromatic nitrogens is 3. The number of carbonyl (C=O) groups excluding carboxylic acids is 1. The number of halogens is 1. The van der Waals surface area contributed by atoms with Crippen LogP contribution in [0.5, 0.6) is 0 Å². The van der Waals surface area contributed by atoms with Crippen LogP contribution in [-0.4, -0.2) is 20.0 Å². The topological polar surface area (TPSA) is 68.9 Å². The SMILES string of the molecule is O=C(Cn1c2ccccc2c2ncn(Cc3ccccc3)c(=O)c21)Nc1ccccc1Cl. The van der Waals surface area contributed by atoms with E-state index >= 15 is 0 Å². The summed E-state index contributed by atoms with van der Waals surface area (Å²) in [6.45, 7) is 0.359. The van der Waals surface area contributed by atoms with Gasteiger partial charge in [0.05, 0.1) is 29.1 Å². The molecule has 5 aromatic rings. The maximum atomic E-state index is 13.5. The van der Waals surface area contributed by atoms with Crippen molar-refractivity contribution in [1.82, 2.24) is 14.1 Å². The molecular formula is C25H19ClN4O2. The van der Waals surface area contributed by atoms with Crippen molar-refractivity contribution in [1.29, 1.82) is 0 Å². The van der Waals surface area contributed by atoms with Gasteiger partial charge in [0, 0.05) is 5.39 Å². The Morgan fingerprint density at radius 1 is 0.938 bits per heavy atom. The lowest BCUT2D eigenvalue weighted by atomic mass is 10.2. The number of hydrogen-bond donors (Lipinski definition) is 1. The highest BCUT2D eigenvalue weighted by molar-refractivity contribution is 6.33. The molecule has 1 N–H and O–H groups in total. The molecule has 0 bridgehead atoms. The summed E-state index contributed by atoms with van der Waals surface area (Å²) in [5, 5.41) is 4.12. The van der Waals surface area contributed by atoms with Gasteiger partial charge in [-0.2, -0.15) is 0 Å². The Bertz CT molecular complexity index is 1510. The van der Waals surface area contributed by atoms with Crippen LogP contribution in [0, 0.1) is 0 Å². The summed E-state index contributed by atoms with van der Waals surface area (Å²) >= 11 is 6.18. The quantitative estimate of drug-likeness (QED) is 0.429. The van der Waals surface area contributed by atoms with Crippen molar-refractivity contribution >= 4 is 45.1 Å². The van der Waals surface area contributed by atoms with Gasteiger partial charge < -0.3 is 9.88 Å². The predicted octanol–water partition coefficient (Wildman–Crippen LogP) is 4.69. The van der Waals surface area contributed by atoms with E-state index in [2.05, 4.69) is 10.3 Å². The van der Waals surface area contributed by atoms with Crippen LogP contribution in [0.25, 0.3) is 21.9 Å². The minimum Gasteiger partial charge on any atom is -0.325 e. The summed E-state index contributed by atoms with van der Waals surface area (Å²) in [6, 6.07) is 24.3. The summed E-state index contributed by atoms with van der Waals surface area (Å²) in [5.74, 6) is -0.279. The molecule has 0 aliphatic heterocycles. The number of fused-ring (bicyclic) bond motifs is 3. The first kappa shape index (κ1) is 20.0. The molecule has 0 fully saturated rings. The highest BCUT2D eigenvalue weighted by Crippen LogP contribution is 2.26. The minimum absolute atomic E-state index is 0.0402. The van der Waals surface area contributed by atoms with Crippen molar-refractivity contribution in [3.05, 3.63) is 106 Å². The van der Waals surface area contributed by atoms with Gasteiger partial charge in [-0.25, -0.2) is 4.98 Å². The molecule has 0 spiro atoms. The third-order valence-electron chi connectivity index (χ3n) is 5.38. The van der Waals surface area contributed by atoms with Gasteiger partial charge in [0.1, 0.15) is 17.6 Å². The molecule has 32 heavy (non-hydrogen) atoms. The summed E-state index contributed by atoms with van der Waals surface area (Å²) in [6.07, 6.45) is 1.57. The van der Waals surface area contributed by atoms with E-state index in [4.69, 9.17) is 11.6 Å². The van der Waals surface area contributed by atoms with Crippen molar-refractivity contribution in [3.8, 4) is 0 Å². The second-order valence-corrected chi connectivity index (χ2v) is 7.90. The number of rotatable bonds is 5. The zero-order chi connectivity index (χ0) is 22.1. The van der Waals surface area contributed by atoms with Gasteiger partial charge >= 0.3 is 0 Å². The van der Waals surface area contributed by atoms with Crippen molar-refractivity contribution in [2.24, 2.45) is 0 Å². The second kappa shape index (κ2) is 8.32. The first-order chi connectivity index (χ1) is 15.6. The Labute approximate surface area is 188 Å². The summed E-state index contributed by atoms with van der Waals surface area (Å²) < 4.78 is 3.30. The third-order valence-corrected chi connectivity index (χ3v) is 5.71. The molecule has 2 heterocycles. The van der Waals surface area contributed by atoms with Gasteiger partial charge in [0.25, 0.3) is 5.56 Å². The van der Waals surface area contributed by atoms with Gasteiger partial charge in [-0.15, -0.1) is 0 Å². The summed E-state index contributed by atoms with van der Waals surface area (Å²) in [5.41, 5.74) is 3.09. The molecule has 3 aromatic carbocycles. The van der Waals surface area contributed by atoms with Gasteiger partial charge in [-0.3, -0.25) is 14.2 Å². The molecule has 0 aliphatic rings. The van der Waals surface area contributed by atoms with E-state index in [1.807, 2.05) is 54.6 Å². The van der Waals surface area contributed by atoms with Crippen LogP contribution in [0.3, 0.4) is 0 Å². The first-order valence-corrected chi connectivity index (χ1v) is 10.5. The molecule has 0 saturated heterocycles. The second-order valence-electron chi connectivity index (χ2n) is 7.49. The predicted molar refractivity (Wildman–Crippen MR) is 127 cm³/mol. The van der Waals surface area contributed by atoms with Gasteiger partial charge in [0.15, 0.2) is 0 Å². The van der Waals surface area contributed by atoms with Gasteiger partial charge in [0.2, 0.25) is 5.91 Å². The third kappa shape index (κ3) is 3.65. The lowest BCUT2D eigenvalue weighted by Gasteiger charge is -2.10. The fraction of sp³-hybridized carbons (Fsp3) is 0.0800. The van der Waals surface area contributed by atoms with Gasteiger partial charge in [-0.05, 0) is 23.8 Å². The van der Waals surface area contributed by atoms with E-state index in [1.165, 1.54) is 0 Å². The Balaban J connectivity index is 1.60. The minimum atomic E-state index is -0.279. The molecular weight excluding hydrogens is 424 g/mol. The maximum Gasteiger partial charge on any atom is 0.278 e. The smallest absolute Gasteiger partial charge is 0.278 e. The number of carbonyl (C=O) groups is 1. The van der Waals surface area contributed by atoms with Crippen molar-refractivity contribution in [3.63, 3.8) is 0 Å². The molecule has 6 nitrogen and oxygen atoms in total. The van der Waals surface area contributed by atoms with E-state index in [-0.39, 0.29) is 18.0 Å². The molecule has 0 atom stereocenters. The number of benzene rings is 3. The van der Waals surface area contributed by atoms with E-state index in [0.29, 0.717) is 28.3 Å². The number of nitrogens with zero attached hydrogens (tertiary/aromatic N) is 3. The number of para-hydroxylation sites is 2. The fourth-order valence-corrected chi connectivity index (χ4v) is 4.08. The zero-order valence-corrected chi connectivity index (χ0v) is 17.8. The van der Waals surface area contributed by atoms with Crippen LogP contribution in [0.1, 0.15) is 5.56 Å². The molecule has 1 amide bonds. The normalized spacial score (nSPS) is 11.2. The maximum absolute atomic E-state index is 13.5. The molecule has 0 unspecified atom stereocenters. The number of nitrogens with one attached hydrogen (secondary N) is 1. The number of hydrogen-bond acceptors (Lipinski definition) is 3. The number of amides is 1. The van der Waals surface area contributed by atoms with Crippen LogP contribution in [0.15, 0.2) is 90.0 Å². The molecule has 5 rings (SSSR count). The summed E-state index contributed by atoms with van der Waals surface area (Å²) in [7, 11) is 0. The monoisotopic (exact) mass is 442 g/mol. The van der Waals surface area contributed by atoms with Crippen LogP contribution < -0.4 is 10.9 Å². The largest absolute Gasteiger partial charge is 0.325 e. The standard InChI is InChI=1S/C25H19ClN4O2/c26-19-11-5-6-12-20(19)28-22(31)15-30-21-13-7-4-10-18(21)23-24(30)25(32)29(16-27-23)14-17-8-2-1-3-9-17/h1-13,16H,14-15H2,(H,28,31). The van der Waals surface area contributed by atoms with E-state index in [1.54, 1.807) is 39.7 Å². The number of anilines is 1. The van der Waals surface area contributed by atoms with Crippen LogP contribution in [0.2, 0.25) is 5.02 Å². The van der Waals surface area contributed by atoms with Crippen molar-refractivity contribution in [2.45, 2.75) is 13.1 Å². The highest BCUT2D eigenvalue weighted by Gasteiger charge is 2.18. The van der Waals surface area contributed by atoms with Crippen LogP contribution in [-0.2, 0) is 17.9 Å². The molecule has 2 aromatic heterocycles. The Hall–Kier alpha value is -3.90. The van der Waals surface area contributed by atoms with Crippen LogP contribution in [0.4, 0.5) is 5.69 Å². The van der Waals surface area contributed by atoms with Crippen molar-refractivity contribution < 1.29 is 4.79 Å². The Morgan fingerprint density at radius 2 is 1.66 bits per heavy atom. The fourth-order valence-electron chi connectivity index (χ4n) is 3.90. The average molecular weight is 443 g/mol. The van der Waals surface area contributed by atoms with Crippen molar-refractivity contribution in [2.75, 3.05) is 5.32 Å². The van der Waals surface area contributed by atoms with E-state index in [9.17, 15) is 9.59 Å². The zero-order valence-electron chi connectivity index (χ0n) is 17.0. The molecule has 0 radical (unpaired) electrons. The molecule has 7 heteroatoms. The Kier molecular flexibility index (Phi) is 5.21. The molecule has 0 saturated carbocycles.